The van der Waals surface area contributed by atoms with Gasteiger partial charge in [0.1, 0.15) is 6.61 Å². The average Bonchev–Trinajstić information content (AvgIpc) is 2.59. The summed E-state index contributed by atoms with van der Waals surface area (Å²) in [5, 5.41) is 15.8. The normalized spacial score (nSPS) is 15.2. The van der Waals surface area contributed by atoms with Crippen molar-refractivity contribution in [1.29, 1.82) is 0 Å². The number of nitrogens with zero attached hydrogens (tertiary/aromatic N) is 2. The van der Waals surface area contributed by atoms with E-state index < -0.39 is 0 Å². The molecule has 5 heteroatoms. The van der Waals surface area contributed by atoms with Gasteiger partial charge in [0.05, 0.1) is 0 Å². The maximum atomic E-state index is 9.12. The van der Waals surface area contributed by atoms with Crippen LogP contribution in [0.2, 0.25) is 0 Å². The summed E-state index contributed by atoms with van der Waals surface area (Å²) in [6, 6.07) is 0.286. The predicted molar refractivity (Wildman–Crippen MR) is 62.1 cm³/mol. The fourth-order valence-corrected chi connectivity index (χ4v) is 2.09. The van der Waals surface area contributed by atoms with Crippen LogP contribution in [0.3, 0.4) is 0 Å². The zero-order valence-corrected chi connectivity index (χ0v) is 10.3. The first kappa shape index (κ1) is 12.4. The molecule has 1 aromatic heterocycles. The molecule has 0 saturated carbocycles. The zero-order chi connectivity index (χ0) is 11.4. The molecule has 0 aliphatic carbocycles. The molecule has 0 spiro atoms. The number of aliphatic hydroxyl groups excluding tert-OH is 1. The summed E-state index contributed by atoms with van der Waals surface area (Å²) in [4.78, 5) is 0. The van der Waals surface area contributed by atoms with Crippen LogP contribution in [0.5, 0.6) is 0 Å². The molecule has 0 radical (unpaired) electrons. The molecule has 86 valence electrons. The number of aromatic nitrogens is 3. The van der Waals surface area contributed by atoms with E-state index in [1.807, 2.05) is 4.57 Å². The van der Waals surface area contributed by atoms with Gasteiger partial charge >= 0.3 is 0 Å². The van der Waals surface area contributed by atoms with Gasteiger partial charge in [0.2, 0.25) is 0 Å². The lowest BCUT2D eigenvalue weighted by atomic mass is 10.0. The molecule has 0 aliphatic heterocycles. The molecule has 0 amide bonds. The third kappa shape index (κ3) is 2.89. The summed E-state index contributed by atoms with van der Waals surface area (Å²) in [6.07, 6.45) is 2.21. The van der Waals surface area contributed by atoms with Gasteiger partial charge in [-0.15, -0.1) is 0 Å². The van der Waals surface area contributed by atoms with Crippen LogP contribution in [0.25, 0.3) is 0 Å². The maximum Gasteiger partial charge on any atom is 0.195 e. The van der Waals surface area contributed by atoms with Gasteiger partial charge in [-0.05, 0) is 31.5 Å². The van der Waals surface area contributed by atoms with Crippen LogP contribution in [0.1, 0.15) is 45.5 Å². The summed E-state index contributed by atoms with van der Waals surface area (Å²) in [5.41, 5.74) is 0. The molecule has 1 rings (SSSR count). The Hall–Kier alpha value is -0.680. The molecule has 0 aromatic carbocycles. The van der Waals surface area contributed by atoms with E-state index >= 15 is 0 Å². The number of aromatic amines is 1. The van der Waals surface area contributed by atoms with Crippen molar-refractivity contribution in [3.63, 3.8) is 0 Å². The summed E-state index contributed by atoms with van der Waals surface area (Å²) in [6.45, 7) is 6.44. The van der Waals surface area contributed by atoms with Crippen LogP contribution in [-0.2, 0) is 6.61 Å². The monoisotopic (exact) mass is 229 g/mol. The second kappa shape index (κ2) is 5.42. The molecule has 0 aliphatic rings. The van der Waals surface area contributed by atoms with Crippen molar-refractivity contribution in [2.24, 2.45) is 5.92 Å². The lowest BCUT2D eigenvalue weighted by Crippen LogP contribution is -2.12. The van der Waals surface area contributed by atoms with Crippen molar-refractivity contribution in [2.75, 3.05) is 0 Å². The van der Waals surface area contributed by atoms with E-state index in [9.17, 15) is 0 Å². The minimum atomic E-state index is -0.0714. The van der Waals surface area contributed by atoms with E-state index in [1.54, 1.807) is 0 Å². The zero-order valence-electron chi connectivity index (χ0n) is 9.53. The van der Waals surface area contributed by atoms with Crippen molar-refractivity contribution >= 4 is 12.2 Å². The van der Waals surface area contributed by atoms with E-state index in [1.165, 1.54) is 0 Å². The Morgan fingerprint density at radius 3 is 2.73 bits per heavy atom. The van der Waals surface area contributed by atoms with Crippen LogP contribution in [0, 0.1) is 10.7 Å². The molecule has 1 aromatic rings. The van der Waals surface area contributed by atoms with E-state index in [0.29, 0.717) is 16.5 Å². The molecule has 0 bridgehead atoms. The molecule has 0 fully saturated rings. The summed E-state index contributed by atoms with van der Waals surface area (Å²) < 4.78 is 2.50. The lowest BCUT2D eigenvalue weighted by molar-refractivity contribution is 0.256. The van der Waals surface area contributed by atoms with E-state index in [-0.39, 0.29) is 12.6 Å². The first-order valence-electron chi connectivity index (χ1n) is 5.36. The van der Waals surface area contributed by atoms with Crippen molar-refractivity contribution in [3.8, 4) is 0 Å². The van der Waals surface area contributed by atoms with Gasteiger partial charge in [0.25, 0.3) is 0 Å². The minimum Gasteiger partial charge on any atom is -0.388 e. The minimum absolute atomic E-state index is 0.0714. The van der Waals surface area contributed by atoms with E-state index in [2.05, 4.69) is 31.0 Å². The highest BCUT2D eigenvalue weighted by molar-refractivity contribution is 7.71. The molecule has 1 heterocycles. The lowest BCUT2D eigenvalue weighted by Gasteiger charge is -2.18. The SMILES string of the molecule is CCC(C)CC(C)n1c(CO)n[nH]c1=S. The molecule has 4 nitrogen and oxygen atoms in total. The highest BCUT2D eigenvalue weighted by Gasteiger charge is 2.14. The topological polar surface area (TPSA) is 53.8 Å². The molecular formula is C10H19N3OS. The van der Waals surface area contributed by atoms with Crippen molar-refractivity contribution in [2.45, 2.75) is 46.3 Å². The first-order chi connectivity index (χ1) is 7.10. The van der Waals surface area contributed by atoms with Crippen LogP contribution >= 0.6 is 12.2 Å². The average molecular weight is 229 g/mol. The Balaban J connectivity index is 2.85. The number of hydrogen-bond donors (Lipinski definition) is 2. The highest BCUT2D eigenvalue weighted by Crippen LogP contribution is 2.20. The van der Waals surface area contributed by atoms with Crippen LogP contribution < -0.4 is 0 Å². The third-order valence-electron chi connectivity index (χ3n) is 2.80. The van der Waals surface area contributed by atoms with E-state index in [4.69, 9.17) is 17.3 Å². The predicted octanol–water partition coefficient (Wildman–Crippen LogP) is 2.43. The van der Waals surface area contributed by atoms with Crippen molar-refractivity contribution in [3.05, 3.63) is 10.6 Å². The molecule has 2 N–H and O–H groups in total. The third-order valence-corrected chi connectivity index (χ3v) is 3.09. The van der Waals surface area contributed by atoms with E-state index in [0.717, 1.165) is 12.8 Å². The standard InChI is InChI=1S/C10H19N3OS/c1-4-7(2)5-8(3)13-9(6-14)11-12-10(13)15/h7-8,14H,4-6H2,1-3H3,(H,12,15). The van der Waals surface area contributed by atoms with Gasteiger partial charge in [-0.25, -0.2) is 0 Å². The maximum absolute atomic E-state index is 9.12. The molecule has 15 heavy (non-hydrogen) atoms. The van der Waals surface area contributed by atoms with Gasteiger partial charge in [-0.2, -0.15) is 5.10 Å². The van der Waals surface area contributed by atoms with Crippen molar-refractivity contribution in [1.82, 2.24) is 14.8 Å². The van der Waals surface area contributed by atoms with Gasteiger partial charge in [-0.1, -0.05) is 20.3 Å². The number of nitrogens with one attached hydrogen (secondary N) is 1. The Labute approximate surface area is 95.3 Å². The number of hydrogen-bond acceptors (Lipinski definition) is 3. The molecule has 2 unspecified atom stereocenters. The van der Waals surface area contributed by atoms with Crippen LogP contribution in [-0.4, -0.2) is 19.9 Å². The Morgan fingerprint density at radius 2 is 2.20 bits per heavy atom. The summed E-state index contributed by atoms with van der Waals surface area (Å²) in [5.74, 6) is 1.28. The molecule has 0 saturated heterocycles. The number of aliphatic hydroxyl groups is 1. The molecule has 2 atom stereocenters. The van der Waals surface area contributed by atoms with Gasteiger partial charge in [0.15, 0.2) is 10.6 Å². The Bertz CT molecular complexity index is 358. The highest BCUT2D eigenvalue weighted by atomic mass is 32.1. The van der Waals surface area contributed by atoms with Crippen LogP contribution in [0.15, 0.2) is 0 Å². The smallest absolute Gasteiger partial charge is 0.195 e. The fraction of sp³-hybridized carbons (Fsp3) is 0.800. The fourth-order valence-electron chi connectivity index (χ4n) is 1.76. The van der Waals surface area contributed by atoms with Gasteiger partial charge in [0, 0.05) is 6.04 Å². The van der Waals surface area contributed by atoms with Gasteiger partial charge in [-0.3, -0.25) is 9.67 Å². The second-order valence-electron chi connectivity index (χ2n) is 4.07. The summed E-state index contributed by atoms with van der Waals surface area (Å²) >= 11 is 5.14. The number of H-pyrrole nitrogens is 1. The quantitative estimate of drug-likeness (QED) is 0.762. The Kier molecular flexibility index (Phi) is 4.47. The largest absolute Gasteiger partial charge is 0.388 e. The summed E-state index contributed by atoms with van der Waals surface area (Å²) in [7, 11) is 0. The Morgan fingerprint density at radius 1 is 1.53 bits per heavy atom. The number of rotatable bonds is 5. The first-order valence-corrected chi connectivity index (χ1v) is 5.77. The molecular weight excluding hydrogens is 210 g/mol. The van der Waals surface area contributed by atoms with Crippen molar-refractivity contribution < 1.29 is 5.11 Å². The van der Waals surface area contributed by atoms with Crippen LogP contribution in [0.4, 0.5) is 0 Å². The second-order valence-corrected chi connectivity index (χ2v) is 4.46. The van der Waals surface area contributed by atoms with Gasteiger partial charge < -0.3 is 5.11 Å².